The number of halogens is 3. The van der Waals surface area contributed by atoms with E-state index in [2.05, 4.69) is 22.4 Å². The fourth-order valence-corrected chi connectivity index (χ4v) is 4.53. The van der Waals surface area contributed by atoms with E-state index in [-0.39, 0.29) is 17.2 Å². The Morgan fingerprint density at radius 3 is 2.25 bits per heavy atom. The molecule has 0 fully saturated rings. The second kappa shape index (κ2) is 12.9. The summed E-state index contributed by atoms with van der Waals surface area (Å²) in [7, 11) is 0. The number of hydrogen-bond donors (Lipinski definition) is 1. The maximum atomic E-state index is 13.7. The van der Waals surface area contributed by atoms with Crippen molar-refractivity contribution in [3.05, 3.63) is 119 Å². The van der Waals surface area contributed by atoms with Crippen LogP contribution in [-0.2, 0) is 25.7 Å². The predicted octanol–water partition coefficient (Wildman–Crippen LogP) is 6.53. The van der Waals surface area contributed by atoms with Gasteiger partial charge in [-0.2, -0.15) is 23.7 Å². The molecule has 4 rings (SSSR count). The predicted molar refractivity (Wildman–Crippen MR) is 150 cm³/mol. The molecule has 0 aliphatic rings. The molecule has 1 heterocycles. The van der Waals surface area contributed by atoms with Gasteiger partial charge in [-0.05, 0) is 78.7 Å². The van der Waals surface area contributed by atoms with Gasteiger partial charge in [0, 0.05) is 37.2 Å². The van der Waals surface area contributed by atoms with Crippen molar-refractivity contribution >= 4 is 23.0 Å². The second-order valence-corrected chi connectivity index (χ2v) is 9.51. The van der Waals surface area contributed by atoms with Crippen molar-refractivity contribution in [2.45, 2.75) is 32.1 Å². The van der Waals surface area contributed by atoms with Crippen LogP contribution in [0.1, 0.15) is 39.9 Å². The highest BCUT2D eigenvalue weighted by molar-refractivity contribution is 7.80. The number of rotatable bonds is 9. The molecule has 0 saturated carbocycles. The van der Waals surface area contributed by atoms with Crippen LogP contribution in [-0.4, -0.2) is 26.1 Å². The molecule has 40 heavy (non-hydrogen) atoms. The first-order valence-electron chi connectivity index (χ1n) is 12.5. The molecule has 0 amide bonds. The highest BCUT2D eigenvalue weighted by Crippen LogP contribution is 2.32. The van der Waals surface area contributed by atoms with Crippen molar-refractivity contribution in [3.63, 3.8) is 0 Å². The molecule has 0 unspecified atom stereocenters. The molecule has 0 spiro atoms. The van der Waals surface area contributed by atoms with E-state index in [1.54, 1.807) is 59.9 Å². The molecule has 0 radical (unpaired) electrons. The monoisotopic (exact) mass is 558 g/mol. The van der Waals surface area contributed by atoms with Gasteiger partial charge in [-0.1, -0.05) is 30.3 Å². The number of thiocarbonyl (C=S) groups is 1. The summed E-state index contributed by atoms with van der Waals surface area (Å²) < 4.78 is 43.1. The van der Waals surface area contributed by atoms with Crippen molar-refractivity contribution in [1.29, 1.82) is 10.5 Å². The minimum atomic E-state index is -4.48. The molecular formula is C30H25F3N6S. The summed E-state index contributed by atoms with van der Waals surface area (Å²) in [6.07, 6.45) is 0.278. The van der Waals surface area contributed by atoms with Crippen LogP contribution in [0, 0.1) is 22.7 Å². The third-order valence-corrected chi connectivity index (χ3v) is 6.69. The molecule has 0 aliphatic carbocycles. The van der Waals surface area contributed by atoms with Crippen molar-refractivity contribution in [2.24, 2.45) is 0 Å². The Bertz CT molecular complexity index is 1530. The number of nitrogens with zero attached hydrogens (tertiary/aromatic N) is 5. The van der Waals surface area contributed by atoms with Gasteiger partial charge in [0.1, 0.15) is 0 Å². The summed E-state index contributed by atoms with van der Waals surface area (Å²) >= 11 is 5.63. The molecule has 6 nitrogen and oxygen atoms in total. The van der Waals surface area contributed by atoms with Gasteiger partial charge in [0.2, 0.25) is 0 Å². The Morgan fingerprint density at radius 2 is 1.60 bits per heavy atom. The number of nitriles is 2. The van der Waals surface area contributed by atoms with Crippen LogP contribution in [0.15, 0.2) is 85.3 Å². The number of benzene rings is 3. The Balaban J connectivity index is 1.48. The van der Waals surface area contributed by atoms with Crippen LogP contribution >= 0.6 is 12.2 Å². The van der Waals surface area contributed by atoms with Gasteiger partial charge in [-0.3, -0.25) is 0 Å². The molecule has 0 atom stereocenters. The number of hydrogen-bond acceptors (Lipinski definition) is 4. The summed E-state index contributed by atoms with van der Waals surface area (Å²) in [4.78, 5) is 5.99. The maximum Gasteiger partial charge on any atom is 0.416 e. The Labute approximate surface area is 235 Å². The van der Waals surface area contributed by atoms with E-state index in [4.69, 9.17) is 22.7 Å². The van der Waals surface area contributed by atoms with E-state index >= 15 is 0 Å². The molecule has 10 heteroatoms. The molecule has 3 aromatic carbocycles. The van der Waals surface area contributed by atoms with Crippen molar-refractivity contribution < 1.29 is 13.2 Å². The Kier molecular flexibility index (Phi) is 9.15. The molecule has 202 valence electrons. The van der Waals surface area contributed by atoms with Gasteiger partial charge in [-0.25, -0.2) is 4.98 Å². The smallest absolute Gasteiger partial charge is 0.345 e. The Hall–Kier alpha value is -4.67. The van der Waals surface area contributed by atoms with Crippen LogP contribution < -0.4 is 5.32 Å². The summed E-state index contributed by atoms with van der Waals surface area (Å²) in [6, 6.07) is 23.7. The van der Waals surface area contributed by atoms with Gasteiger partial charge < -0.3 is 14.8 Å². The summed E-state index contributed by atoms with van der Waals surface area (Å²) in [5.41, 5.74) is 3.16. The summed E-state index contributed by atoms with van der Waals surface area (Å²) in [6.45, 7) is 0.959. The van der Waals surface area contributed by atoms with Gasteiger partial charge in [0.25, 0.3) is 0 Å². The van der Waals surface area contributed by atoms with Crippen LogP contribution in [0.4, 0.5) is 18.9 Å². The van der Waals surface area contributed by atoms with Gasteiger partial charge in [-0.15, -0.1) is 0 Å². The van der Waals surface area contributed by atoms with Crippen LogP contribution in [0.3, 0.4) is 0 Å². The fraction of sp³-hybridized carbons (Fsp3) is 0.200. The average Bonchev–Trinajstić information content (AvgIpc) is 3.39. The minimum absolute atomic E-state index is 0.0255. The van der Waals surface area contributed by atoms with Crippen molar-refractivity contribution in [3.8, 4) is 12.1 Å². The lowest BCUT2D eigenvalue weighted by molar-refractivity contribution is -0.138. The zero-order valence-corrected chi connectivity index (χ0v) is 22.2. The van der Waals surface area contributed by atoms with Crippen LogP contribution in [0.25, 0.3) is 0 Å². The zero-order chi connectivity index (χ0) is 28.5. The highest BCUT2D eigenvalue weighted by atomic mass is 32.1. The van der Waals surface area contributed by atoms with E-state index < -0.39 is 11.7 Å². The van der Waals surface area contributed by atoms with E-state index in [0.717, 1.165) is 17.3 Å². The summed E-state index contributed by atoms with van der Waals surface area (Å²) in [5, 5.41) is 21.4. The van der Waals surface area contributed by atoms with E-state index in [0.29, 0.717) is 42.7 Å². The SMILES string of the molecule is N#Cc1ccc(Cn2cncc2CCCN(Cc2ccccc2C(F)(F)F)C(=S)Nc2ccc(C#N)cc2)cc1. The molecule has 0 saturated heterocycles. The lowest BCUT2D eigenvalue weighted by atomic mass is 10.1. The van der Waals surface area contributed by atoms with E-state index in [1.165, 1.54) is 12.1 Å². The van der Waals surface area contributed by atoms with E-state index in [1.807, 2.05) is 16.7 Å². The molecule has 1 aromatic heterocycles. The largest absolute Gasteiger partial charge is 0.416 e. The maximum absolute atomic E-state index is 13.7. The molecular weight excluding hydrogens is 533 g/mol. The minimum Gasteiger partial charge on any atom is -0.345 e. The molecule has 0 bridgehead atoms. The van der Waals surface area contributed by atoms with Crippen LogP contribution in [0.5, 0.6) is 0 Å². The number of anilines is 1. The number of alkyl halides is 3. The zero-order valence-electron chi connectivity index (χ0n) is 21.4. The Morgan fingerprint density at radius 1 is 0.950 bits per heavy atom. The quantitative estimate of drug-likeness (QED) is 0.236. The second-order valence-electron chi connectivity index (χ2n) is 9.12. The normalized spacial score (nSPS) is 10.9. The standard InChI is InChI=1S/C30H25F3N6S/c31-30(32,33)28-6-2-1-4-25(28)20-38(29(40)37-26-13-11-23(17-35)12-14-26)15-3-5-27-18-36-21-39(27)19-24-9-7-22(16-34)8-10-24/h1-2,4,6-14,18,21H,3,5,15,19-20H2,(H,37,40). The van der Waals surface area contributed by atoms with Gasteiger partial charge in [0.05, 0.1) is 35.2 Å². The van der Waals surface area contributed by atoms with Gasteiger partial charge in [0.15, 0.2) is 5.11 Å². The number of aromatic nitrogens is 2. The number of imidazole rings is 1. The molecule has 4 aromatic rings. The number of aryl methyl sites for hydroxylation is 1. The van der Waals surface area contributed by atoms with E-state index in [9.17, 15) is 13.2 Å². The topological polar surface area (TPSA) is 80.7 Å². The lowest BCUT2D eigenvalue weighted by Gasteiger charge is -2.27. The fourth-order valence-electron chi connectivity index (χ4n) is 4.25. The first-order chi connectivity index (χ1) is 19.3. The first kappa shape index (κ1) is 28.3. The summed E-state index contributed by atoms with van der Waals surface area (Å²) in [5.74, 6) is 0. The number of nitrogens with one attached hydrogen (secondary N) is 1. The third-order valence-electron chi connectivity index (χ3n) is 6.33. The van der Waals surface area contributed by atoms with Crippen molar-refractivity contribution in [1.82, 2.24) is 14.5 Å². The average molecular weight is 559 g/mol. The lowest BCUT2D eigenvalue weighted by Crippen LogP contribution is -2.36. The first-order valence-corrected chi connectivity index (χ1v) is 12.9. The molecule has 0 aliphatic heterocycles. The van der Waals surface area contributed by atoms with Crippen LogP contribution in [0.2, 0.25) is 0 Å². The van der Waals surface area contributed by atoms with Gasteiger partial charge >= 0.3 is 6.18 Å². The molecule has 1 N–H and O–H groups in total. The third kappa shape index (κ3) is 7.46. The highest BCUT2D eigenvalue weighted by Gasteiger charge is 2.33. The van der Waals surface area contributed by atoms with Crippen molar-refractivity contribution in [2.75, 3.05) is 11.9 Å².